The smallest absolute Gasteiger partial charge is 0.337 e. The Hall–Kier alpha value is -3.03. The maximum Gasteiger partial charge on any atom is 0.357 e. The van der Waals surface area contributed by atoms with Crippen molar-refractivity contribution in [2.24, 2.45) is 0 Å². The van der Waals surface area contributed by atoms with Crippen LogP contribution in [0.3, 0.4) is 0 Å². The van der Waals surface area contributed by atoms with Gasteiger partial charge in [-0.25, -0.2) is 14.2 Å². The van der Waals surface area contributed by atoms with Gasteiger partial charge in [-0.2, -0.15) is 4.68 Å². The topological polar surface area (TPSA) is 85.4 Å². The summed E-state index contributed by atoms with van der Waals surface area (Å²) in [7, 11) is 0. The summed E-state index contributed by atoms with van der Waals surface area (Å²) in [5.41, 5.74) is 0.579. The van der Waals surface area contributed by atoms with Gasteiger partial charge in [0.05, 0.1) is 5.69 Å². The fraction of sp³-hybridized carbons (Fsp3) is 0.312. The van der Waals surface area contributed by atoms with Gasteiger partial charge in [0.1, 0.15) is 6.33 Å². The van der Waals surface area contributed by atoms with Crippen LogP contribution in [-0.2, 0) is 0 Å². The maximum absolute atomic E-state index is 12.6. The monoisotopic (exact) mass is 324 g/mol. The summed E-state index contributed by atoms with van der Waals surface area (Å²) in [4.78, 5) is 31.1. The average Bonchev–Trinajstić information content (AvgIpc) is 3.08. The van der Waals surface area contributed by atoms with Crippen molar-refractivity contribution in [3.63, 3.8) is 0 Å². The highest BCUT2D eigenvalue weighted by Crippen LogP contribution is 2.14. The molecule has 3 aromatic rings. The molecule has 2 aromatic heterocycles. The molecular weight excluding hydrogens is 308 g/mol. The lowest BCUT2D eigenvalue weighted by molar-refractivity contribution is 0.0720. The van der Waals surface area contributed by atoms with Crippen LogP contribution in [0.2, 0.25) is 0 Å². The van der Waals surface area contributed by atoms with E-state index in [2.05, 4.69) is 15.3 Å². The Kier molecular flexibility index (Phi) is 3.56. The van der Waals surface area contributed by atoms with E-state index in [1.165, 1.54) is 15.4 Å². The molecule has 0 atom stereocenters. The summed E-state index contributed by atoms with van der Waals surface area (Å²) in [6.07, 6.45) is 4.45. The van der Waals surface area contributed by atoms with Crippen LogP contribution in [0.15, 0.2) is 41.5 Å². The third-order valence-electron chi connectivity index (χ3n) is 4.21. The minimum Gasteiger partial charge on any atom is -0.337 e. The predicted octanol–water partition coefficient (Wildman–Crippen LogP) is 0.901. The molecule has 0 saturated carbocycles. The molecule has 8 heteroatoms. The number of piperidine rings is 1. The standard InChI is InChI=1S/C16H16N6O2/c23-15(20-9-5-2-6-10-20)13-14-18-19-22(12-7-3-1-4-8-12)16(24)21(14)11-17-13/h1,3-4,7-8,11H,2,5-6,9-10H2. The lowest BCUT2D eigenvalue weighted by atomic mass is 10.1. The Balaban J connectivity index is 1.77. The van der Waals surface area contributed by atoms with Crippen LogP contribution in [0.5, 0.6) is 0 Å². The number of imidazole rings is 1. The van der Waals surface area contributed by atoms with Gasteiger partial charge in [-0.1, -0.05) is 23.4 Å². The Bertz CT molecular complexity index is 940. The van der Waals surface area contributed by atoms with Crippen LogP contribution in [0.4, 0.5) is 0 Å². The molecule has 0 aliphatic carbocycles. The van der Waals surface area contributed by atoms with E-state index in [4.69, 9.17) is 0 Å². The molecule has 8 nitrogen and oxygen atoms in total. The largest absolute Gasteiger partial charge is 0.357 e. The van der Waals surface area contributed by atoms with Crippen molar-refractivity contribution in [2.75, 3.05) is 13.1 Å². The number of rotatable bonds is 2. The van der Waals surface area contributed by atoms with Crippen molar-refractivity contribution in [1.29, 1.82) is 0 Å². The first-order chi connectivity index (χ1) is 11.8. The van der Waals surface area contributed by atoms with Gasteiger partial charge in [-0.05, 0) is 31.4 Å². The lowest BCUT2D eigenvalue weighted by Crippen LogP contribution is -2.36. The van der Waals surface area contributed by atoms with E-state index >= 15 is 0 Å². The third kappa shape index (κ3) is 2.36. The molecule has 4 rings (SSSR count). The Morgan fingerprint density at radius 3 is 2.54 bits per heavy atom. The summed E-state index contributed by atoms with van der Waals surface area (Å²) in [6, 6.07) is 9.00. The molecule has 1 aromatic carbocycles. The molecule has 0 spiro atoms. The van der Waals surface area contributed by atoms with E-state index in [0.717, 1.165) is 19.3 Å². The van der Waals surface area contributed by atoms with Crippen molar-refractivity contribution < 1.29 is 4.79 Å². The van der Waals surface area contributed by atoms with Crippen molar-refractivity contribution >= 4 is 11.6 Å². The average molecular weight is 324 g/mol. The van der Waals surface area contributed by atoms with Crippen LogP contribution < -0.4 is 5.69 Å². The molecule has 122 valence electrons. The maximum atomic E-state index is 12.6. The zero-order valence-corrected chi connectivity index (χ0v) is 13.0. The second-order valence-corrected chi connectivity index (χ2v) is 5.76. The van der Waals surface area contributed by atoms with Crippen molar-refractivity contribution in [3.05, 3.63) is 52.8 Å². The van der Waals surface area contributed by atoms with E-state index in [1.807, 2.05) is 18.2 Å². The summed E-state index contributed by atoms with van der Waals surface area (Å²) in [5.74, 6) is -0.191. The summed E-state index contributed by atoms with van der Waals surface area (Å²) in [5, 5.41) is 8.02. The highest BCUT2D eigenvalue weighted by molar-refractivity contribution is 5.97. The van der Waals surface area contributed by atoms with Crippen LogP contribution in [0.25, 0.3) is 11.3 Å². The number of para-hydroxylation sites is 1. The van der Waals surface area contributed by atoms with Crippen LogP contribution in [-0.4, -0.2) is 48.3 Å². The van der Waals surface area contributed by atoms with Gasteiger partial charge < -0.3 is 4.90 Å². The minimum atomic E-state index is -0.406. The van der Waals surface area contributed by atoms with Crippen LogP contribution in [0.1, 0.15) is 29.8 Å². The van der Waals surface area contributed by atoms with Crippen LogP contribution >= 0.6 is 0 Å². The first-order valence-corrected chi connectivity index (χ1v) is 7.93. The molecule has 0 N–H and O–H groups in total. The molecule has 24 heavy (non-hydrogen) atoms. The third-order valence-corrected chi connectivity index (χ3v) is 4.21. The number of benzene rings is 1. The molecule has 1 saturated heterocycles. The SMILES string of the molecule is O=C(c1ncn2c(=O)n(-c3ccccc3)nnc12)N1CCCCC1. The van der Waals surface area contributed by atoms with E-state index < -0.39 is 5.69 Å². The number of hydrogen-bond donors (Lipinski definition) is 0. The van der Waals surface area contributed by atoms with Gasteiger partial charge in [0.15, 0.2) is 11.3 Å². The Morgan fingerprint density at radius 1 is 1.04 bits per heavy atom. The van der Waals surface area contributed by atoms with Gasteiger partial charge in [0, 0.05) is 13.1 Å². The summed E-state index contributed by atoms with van der Waals surface area (Å²) < 4.78 is 2.45. The Morgan fingerprint density at radius 2 is 1.79 bits per heavy atom. The van der Waals surface area contributed by atoms with Crippen molar-refractivity contribution in [2.45, 2.75) is 19.3 Å². The van der Waals surface area contributed by atoms with Crippen molar-refractivity contribution in [3.8, 4) is 5.69 Å². The highest BCUT2D eigenvalue weighted by atomic mass is 16.2. The number of hydrogen-bond acceptors (Lipinski definition) is 5. The molecule has 0 radical (unpaired) electrons. The zero-order valence-electron chi connectivity index (χ0n) is 13.0. The van der Waals surface area contributed by atoms with Gasteiger partial charge in [0.2, 0.25) is 0 Å². The van der Waals surface area contributed by atoms with Crippen LogP contribution in [0, 0.1) is 0 Å². The molecule has 1 fully saturated rings. The molecule has 1 aliphatic heterocycles. The van der Waals surface area contributed by atoms with E-state index in [-0.39, 0.29) is 17.2 Å². The van der Waals surface area contributed by atoms with E-state index in [0.29, 0.717) is 18.8 Å². The summed E-state index contributed by atoms with van der Waals surface area (Å²) >= 11 is 0. The summed E-state index contributed by atoms with van der Waals surface area (Å²) in [6.45, 7) is 1.43. The lowest BCUT2D eigenvalue weighted by Gasteiger charge is -2.25. The fourth-order valence-corrected chi connectivity index (χ4v) is 2.93. The van der Waals surface area contributed by atoms with Gasteiger partial charge in [-0.3, -0.25) is 4.79 Å². The molecule has 1 amide bonds. The van der Waals surface area contributed by atoms with Gasteiger partial charge in [-0.15, -0.1) is 5.10 Å². The number of aromatic nitrogens is 5. The minimum absolute atomic E-state index is 0.182. The molecule has 0 unspecified atom stereocenters. The first kappa shape index (κ1) is 14.6. The number of likely N-dealkylation sites (tertiary alicyclic amines) is 1. The first-order valence-electron chi connectivity index (χ1n) is 7.93. The number of nitrogens with zero attached hydrogens (tertiary/aromatic N) is 6. The second kappa shape index (κ2) is 5.88. The molecular formula is C16H16N6O2. The molecule has 1 aliphatic rings. The van der Waals surface area contributed by atoms with E-state index in [1.54, 1.807) is 17.0 Å². The molecule has 0 bridgehead atoms. The fourth-order valence-electron chi connectivity index (χ4n) is 2.93. The highest BCUT2D eigenvalue weighted by Gasteiger charge is 2.24. The zero-order chi connectivity index (χ0) is 16.5. The van der Waals surface area contributed by atoms with Crippen molar-refractivity contribution in [1.82, 2.24) is 29.3 Å². The Labute approximate surface area is 137 Å². The number of fused-ring (bicyclic) bond motifs is 1. The number of amides is 1. The predicted molar refractivity (Wildman–Crippen MR) is 86.1 cm³/mol. The second-order valence-electron chi connectivity index (χ2n) is 5.76. The van der Waals surface area contributed by atoms with Gasteiger partial charge >= 0.3 is 5.69 Å². The van der Waals surface area contributed by atoms with E-state index in [9.17, 15) is 9.59 Å². The van der Waals surface area contributed by atoms with Gasteiger partial charge in [0.25, 0.3) is 5.91 Å². The number of carbonyl (C=O) groups excluding carboxylic acids is 1. The normalized spacial score (nSPS) is 14.9. The number of carbonyl (C=O) groups is 1. The quantitative estimate of drug-likeness (QED) is 0.699. The molecule has 3 heterocycles.